The maximum Gasteiger partial charge on any atom is 0.0562 e. The molecule has 2 unspecified atom stereocenters. The predicted octanol–water partition coefficient (Wildman–Crippen LogP) is 3.01. The highest BCUT2D eigenvalue weighted by atomic mass is 32.2. The van der Waals surface area contributed by atoms with Crippen molar-refractivity contribution in [2.24, 2.45) is 5.92 Å². The smallest absolute Gasteiger partial charge is 0.0562 e. The van der Waals surface area contributed by atoms with E-state index in [-0.39, 0.29) is 0 Å². The fraction of sp³-hybridized carbons (Fsp3) is 1.00. The summed E-state index contributed by atoms with van der Waals surface area (Å²) in [4.78, 5) is 0. The molecule has 1 saturated carbocycles. The lowest BCUT2D eigenvalue weighted by molar-refractivity contribution is 0.304. The third-order valence-corrected chi connectivity index (χ3v) is 4.73. The Balaban J connectivity index is 1.83. The number of hydrogen-bond donors (Lipinski definition) is 1. The molecule has 2 aliphatic rings. The first-order valence-corrected chi connectivity index (χ1v) is 6.79. The van der Waals surface area contributed by atoms with Gasteiger partial charge in [-0.15, -0.1) is 11.8 Å². The van der Waals surface area contributed by atoms with E-state index in [0.29, 0.717) is 0 Å². The minimum absolute atomic E-state index is 0.758. The Bertz CT molecular complexity index is 154. The Hall–Kier alpha value is 0.310. The minimum Gasteiger partial charge on any atom is -0.303 e. The molecular formula is C11H21NS. The van der Waals surface area contributed by atoms with E-state index in [1.165, 1.54) is 44.3 Å². The molecule has 2 rings (SSSR count). The summed E-state index contributed by atoms with van der Waals surface area (Å²) in [6, 6.07) is 0.758. The maximum absolute atomic E-state index is 3.75. The zero-order valence-corrected chi connectivity index (χ0v) is 9.41. The van der Waals surface area contributed by atoms with Crippen LogP contribution in [0.25, 0.3) is 0 Å². The molecule has 1 N–H and O–H groups in total. The zero-order valence-electron chi connectivity index (χ0n) is 8.59. The van der Waals surface area contributed by atoms with Gasteiger partial charge in [-0.05, 0) is 37.9 Å². The Kier molecular flexibility index (Phi) is 3.56. The van der Waals surface area contributed by atoms with Crippen molar-refractivity contribution >= 4 is 11.8 Å². The molecular weight excluding hydrogens is 178 g/mol. The Labute approximate surface area is 86.0 Å². The standard InChI is InChI=1S/C11H21NS/c1-9-7-8-13-11(12-9)10-5-3-2-4-6-10/h9-12H,2-8H2,1H3. The fourth-order valence-electron chi connectivity index (χ4n) is 2.49. The van der Waals surface area contributed by atoms with Crippen LogP contribution in [0, 0.1) is 5.92 Å². The summed E-state index contributed by atoms with van der Waals surface area (Å²) in [6.07, 6.45) is 8.71. The Morgan fingerprint density at radius 2 is 1.85 bits per heavy atom. The van der Waals surface area contributed by atoms with Gasteiger partial charge >= 0.3 is 0 Å². The summed E-state index contributed by atoms with van der Waals surface area (Å²) in [6.45, 7) is 2.33. The minimum atomic E-state index is 0.758. The van der Waals surface area contributed by atoms with Crippen LogP contribution in [0.3, 0.4) is 0 Å². The van der Waals surface area contributed by atoms with E-state index in [4.69, 9.17) is 0 Å². The van der Waals surface area contributed by atoms with Crippen LogP contribution in [0.4, 0.5) is 0 Å². The first kappa shape index (κ1) is 9.85. The molecule has 1 aliphatic carbocycles. The van der Waals surface area contributed by atoms with Crippen LogP contribution in [0.5, 0.6) is 0 Å². The van der Waals surface area contributed by atoms with Crippen LogP contribution in [-0.4, -0.2) is 17.2 Å². The second-order valence-corrected chi connectivity index (χ2v) is 5.80. The highest BCUT2D eigenvalue weighted by Crippen LogP contribution is 2.33. The van der Waals surface area contributed by atoms with Crippen molar-refractivity contribution in [3.8, 4) is 0 Å². The van der Waals surface area contributed by atoms with Gasteiger partial charge in [-0.3, -0.25) is 0 Å². The molecule has 1 saturated heterocycles. The molecule has 2 fully saturated rings. The quantitative estimate of drug-likeness (QED) is 0.697. The number of nitrogens with one attached hydrogen (secondary N) is 1. The normalized spacial score (nSPS) is 37.6. The van der Waals surface area contributed by atoms with Gasteiger partial charge in [-0.2, -0.15) is 0 Å². The van der Waals surface area contributed by atoms with Gasteiger partial charge < -0.3 is 5.32 Å². The summed E-state index contributed by atoms with van der Waals surface area (Å²) < 4.78 is 0. The SMILES string of the molecule is CC1CCSC(C2CCCCC2)N1. The van der Waals surface area contributed by atoms with Gasteiger partial charge in [0, 0.05) is 6.04 Å². The van der Waals surface area contributed by atoms with Gasteiger partial charge in [0.1, 0.15) is 0 Å². The first-order valence-electron chi connectivity index (χ1n) is 5.74. The van der Waals surface area contributed by atoms with Crippen molar-refractivity contribution in [3.05, 3.63) is 0 Å². The molecule has 2 atom stereocenters. The number of thioether (sulfide) groups is 1. The second-order valence-electron chi connectivity index (χ2n) is 4.55. The lowest BCUT2D eigenvalue weighted by Gasteiger charge is -2.36. The first-order chi connectivity index (χ1) is 6.36. The molecule has 1 aliphatic heterocycles. The molecule has 0 aromatic heterocycles. The molecule has 1 heterocycles. The largest absolute Gasteiger partial charge is 0.303 e. The third kappa shape index (κ3) is 2.63. The van der Waals surface area contributed by atoms with E-state index in [1.807, 2.05) is 0 Å². The van der Waals surface area contributed by atoms with Crippen LogP contribution < -0.4 is 5.32 Å². The van der Waals surface area contributed by atoms with Gasteiger partial charge in [0.2, 0.25) is 0 Å². The molecule has 0 radical (unpaired) electrons. The molecule has 0 aromatic carbocycles. The summed E-state index contributed by atoms with van der Waals surface area (Å²) in [5.41, 5.74) is 0. The van der Waals surface area contributed by atoms with Crippen molar-refractivity contribution in [2.75, 3.05) is 5.75 Å². The van der Waals surface area contributed by atoms with Crippen molar-refractivity contribution in [1.82, 2.24) is 5.32 Å². The average molecular weight is 199 g/mol. The number of hydrogen-bond acceptors (Lipinski definition) is 2. The number of rotatable bonds is 1. The Morgan fingerprint density at radius 3 is 2.54 bits per heavy atom. The van der Waals surface area contributed by atoms with Gasteiger partial charge in [0.05, 0.1) is 5.37 Å². The van der Waals surface area contributed by atoms with E-state index < -0.39 is 0 Å². The van der Waals surface area contributed by atoms with E-state index in [9.17, 15) is 0 Å². The van der Waals surface area contributed by atoms with Crippen molar-refractivity contribution in [2.45, 2.75) is 56.9 Å². The molecule has 2 heteroatoms. The van der Waals surface area contributed by atoms with Gasteiger partial charge in [0.25, 0.3) is 0 Å². The average Bonchev–Trinajstić information content (AvgIpc) is 2.19. The lowest BCUT2D eigenvalue weighted by Crippen LogP contribution is -2.43. The highest BCUT2D eigenvalue weighted by Gasteiger charge is 2.27. The summed E-state index contributed by atoms with van der Waals surface area (Å²) in [5, 5.41) is 4.53. The van der Waals surface area contributed by atoms with E-state index in [0.717, 1.165) is 17.3 Å². The van der Waals surface area contributed by atoms with Crippen LogP contribution >= 0.6 is 11.8 Å². The van der Waals surface area contributed by atoms with Crippen LogP contribution in [0.1, 0.15) is 45.4 Å². The van der Waals surface area contributed by atoms with Crippen LogP contribution in [0.15, 0.2) is 0 Å². The van der Waals surface area contributed by atoms with Crippen LogP contribution in [0.2, 0.25) is 0 Å². The molecule has 13 heavy (non-hydrogen) atoms. The molecule has 0 amide bonds. The maximum atomic E-state index is 3.75. The molecule has 0 spiro atoms. The molecule has 76 valence electrons. The summed E-state index contributed by atoms with van der Waals surface area (Å²) in [5.74, 6) is 2.34. The van der Waals surface area contributed by atoms with Crippen molar-refractivity contribution in [3.63, 3.8) is 0 Å². The lowest BCUT2D eigenvalue weighted by atomic mass is 9.89. The van der Waals surface area contributed by atoms with Crippen molar-refractivity contribution < 1.29 is 0 Å². The monoisotopic (exact) mass is 199 g/mol. The zero-order chi connectivity index (χ0) is 9.10. The highest BCUT2D eigenvalue weighted by molar-refractivity contribution is 7.99. The van der Waals surface area contributed by atoms with E-state index in [1.54, 1.807) is 0 Å². The topological polar surface area (TPSA) is 12.0 Å². The Morgan fingerprint density at radius 1 is 1.08 bits per heavy atom. The summed E-state index contributed by atoms with van der Waals surface area (Å²) >= 11 is 2.16. The fourth-order valence-corrected chi connectivity index (χ4v) is 4.11. The van der Waals surface area contributed by atoms with E-state index in [2.05, 4.69) is 24.0 Å². The second kappa shape index (κ2) is 4.70. The third-order valence-electron chi connectivity index (χ3n) is 3.38. The van der Waals surface area contributed by atoms with Crippen molar-refractivity contribution in [1.29, 1.82) is 0 Å². The molecule has 0 bridgehead atoms. The van der Waals surface area contributed by atoms with Crippen LogP contribution in [-0.2, 0) is 0 Å². The molecule has 1 nitrogen and oxygen atoms in total. The molecule has 0 aromatic rings. The predicted molar refractivity (Wildman–Crippen MR) is 60.0 cm³/mol. The summed E-state index contributed by atoms with van der Waals surface area (Å²) in [7, 11) is 0. The van der Waals surface area contributed by atoms with E-state index >= 15 is 0 Å². The van der Waals surface area contributed by atoms with Gasteiger partial charge in [-0.25, -0.2) is 0 Å². The van der Waals surface area contributed by atoms with Gasteiger partial charge in [0.15, 0.2) is 0 Å². The van der Waals surface area contributed by atoms with Gasteiger partial charge in [-0.1, -0.05) is 19.3 Å².